The van der Waals surface area contributed by atoms with Gasteiger partial charge in [0.15, 0.2) is 0 Å². The highest BCUT2D eigenvalue weighted by Gasteiger charge is 2.20. The molecule has 17 heavy (non-hydrogen) atoms. The number of rotatable bonds is 3. The van der Waals surface area contributed by atoms with E-state index in [-0.39, 0.29) is 11.9 Å². The van der Waals surface area contributed by atoms with Crippen molar-refractivity contribution in [1.29, 1.82) is 0 Å². The van der Waals surface area contributed by atoms with E-state index in [1.807, 2.05) is 6.92 Å². The monoisotopic (exact) mass is 298 g/mol. The van der Waals surface area contributed by atoms with E-state index in [1.165, 1.54) is 12.1 Å². The molecule has 0 aliphatic rings. The molecule has 1 heterocycles. The molecule has 1 aromatic carbocycles. The van der Waals surface area contributed by atoms with Gasteiger partial charge in [-0.15, -0.1) is 0 Å². The van der Waals surface area contributed by atoms with Crippen molar-refractivity contribution in [3.05, 3.63) is 57.7 Å². The predicted molar refractivity (Wildman–Crippen MR) is 66.7 cm³/mol. The van der Waals surface area contributed by atoms with Crippen LogP contribution in [-0.2, 0) is 0 Å². The first kappa shape index (κ1) is 12.3. The fourth-order valence-corrected chi connectivity index (χ4v) is 2.21. The molecule has 3 N–H and O–H groups in total. The zero-order chi connectivity index (χ0) is 12.4. The molecule has 5 heteroatoms. The Morgan fingerprint density at radius 1 is 1.41 bits per heavy atom. The second kappa shape index (κ2) is 5.00. The van der Waals surface area contributed by atoms with Crippen LogP contribution in [0.15, 0.2) is 39.4 Å². The Morgan fingerprint density at radius 2 is 2.18 bits per heavy atom. The number of hydrogen-bond acceptors (Lipinski definition) is 3. The van der Waals surface area contributed by atoms with Gasteiger partial charge in [0, 0.05) is 0 Å². The third-order valence-corrected chi connectivity index (χ3v) is 3.27. The van der Waals surface area contributed by atoms with Gasteiger partial charge in [0.05, 0.1) is 10.7 Å². The van der Waals surface area contributed by atoms with Gasteiger partial charge in [0.2, 0.25) is 0 Å². The van der Waals surface area contributed by atoms with E-state index < -0.39 is 0 Å². The van der Waals surface area contributed by atoms with Crippen LogP contribution < -0.4 is 11.3 Å². The van der Waals surface area contributed by atoms with Crippen LogP contribution in [0, 0.1) is 12.7 Å². The fraction of sp³-hybridized carbons (Fsp3) is 0.167. The van der Waals surface area contributed by atoms with Crippen molar-refractivity contribution in [2.75, 3.05) is 0 Å². The highest BCUT2D eigenvalue weighted by molar-refractivity contribution is 9.10. The molecule has 0 amide bonds. The van der Waals surface area contributed by atoms with Crippen LogP contribution in [0.1, 0.15) is 22.9 Å². The first-order valence-corrected chi connectivity index (χ1v) is 5.88. The summed E-state index contributed by atoms with van der Waals surface area (Å²) < 4.78 is 19.2. The molecule has 0 saturated heterocycles. The number of aryl methyl sites for hydroxylation is 1. The first-order valence-electron chi connectivity index (χ1n) is 5.08. The normalized spacial score (nSPS) is 12.7. The smallest absolute Gasteiger partial charge is 0.140 e. The van der Waals surface area contributed by atoms with E-state index in [4.69, 9.17) is 10.3 Å². The van der Waals surface area contributed by atoms with Gasteiger partial charge in [-0.05, 0) is 52.2 Å². The minimum Gasteiger partial charge on any atom is -0.466 e. The van der Waals surface area contributed by atoms with Crippen molar-refractivity contribution in [1.82, 2.24) is 5.43 Å². The predicted octanol–water partition coefficient (Wildman–Crippen LogP) is 3.04. The van der Waals surface area contributed by atoms with E-state index in [2.05, 4.69) is 21.4 Å². The van der Waals surface area contributed by atoms with Crippen molar-refractivity contribution in [2.24, 2.45) is 5.84 Å². The summed E-state index contributed by atoms with van der Waals surface area (Å²) in [5.41, 5.74) is 4.37. The van der Waals surface area contributed by atoms with E-state index >= 15 is 0 Å². The van der Waals surface area contributed by atoms with E-state index in [0.717, 1.165) is 15.6 Å². The molecule has 1 atom stereocenters. The third-order valence-electron chi connectivity index (χ3n) is 2.62. The summed E-state index contributed by atoms with van der Waals surface area (Å²) in [6, 6.07) is 6.06. The number of halogens is 2. The Morgan fingerprint density at radius 3 is 2.71 bits per heavy atom. The lowest BCUT2D eigenvalue weighted by Gasteiger charge is -2.17. The van der Waals surface area contributed by atoms with Gasteiger partial charge in [0.1, 0.15) is 17.6 Å². The molecule has 0 fully saturated rings. The first-order chi connectivity index (χ1) is 8.13. The van der Waals surface area contributed by atoms with Gasteiger partial charge < -0.3 is 4.42 Å². The summed E-state index contributed by atoms with van der Waals surface area (Å²) in [7, 11) is 0. The zero-order valence-electron chi connectivity index (χ0n) is 9.21. The van der Waals surface area contributed by atoms with Crippen molar-refractivity contribution < 1.29 is 8.81 Å². The fourth-order valence-electron chi connectivity index (χ4n) is 1.78. The number of hydrogen-bond donors (Lipinski definition) is 2. The Balaban J connectivity index is 2.46. The van der Waals surface area contributed by atoms with Gasteiger partial charge in [-0.2, -0.15) is 0 Å². The van der Waals surface area contributed by atoms with E-state index in [1.54, 1.807) is 18.4 Å². The highest BCUT2D eigenvalue weighted by Crippen LogP contribution is 2.30. The summed E-state index contributed by atoms with van der Waals surface area (Å²) in [5.74, 6) is 5.95. The van der Waals surface area contributed by atoms with Crippen LogP contribution in [-0.4, -0.2) is 0 Å². The van der Waals surface area contributed by atoms with Crippen LogP contribution in [0.5, 0.6) is 0 Å². The lowest BCUT2D eigenvalue weighted by molar-refractivity contribution is 0.448. The van der Waals surface area contributed by atoms with E-state index in [9.17, 15) is 4.39 Å². The molecule has 0 spiro atoms. The maximum Gasteiger partial charge on any atom is 0.140 e. The van der Waals surface area contributed by atoms with Crippen LogP contribution >= 0.6 is 15.9 Å². The average molecular weight is 299 g/mol. The molecule has 0 aliphatic heterocycles. The quantitative estimate of drug-likeness (QED) is 0.676. The Hall–Kier alpha value is -1.17. The highest BCUT2D eigenvalue weighted by atomic mass is 79.9. The Labute approximate surface area is 107 Å². The summed E-state index contributed by atoms with van der Waals surface area (Å²) in [6.07, 6.45) is 1.57. The van der Waals surface area contributed by atoms with Crippen LogP contribution in [0.3, 0.4) is 0 Å². The maximum atomic E-state index is 13.1. The number of benzene rings is 1. The second-order valence-electron chi connectivity index (χ2n) is 3.73. The van der Waals surface area contributed by atoms with Gasteiger partial charge in [0.25, 0.3) is 0 Å². The van der Waals surface area contributed by atoms with Gasteiger partial charge in [-0.1, -0.05) is 6.07 Å². The minimum absolute atomic E-state index is 0.263. The standard InChI is InChI=1S/C12H12BrFN2O/c1-7-6-8(14)2-3-9(7)11(16-15)12-10(13)4-5-17-12/h2-6,11,16H,15H2,1H3. The van der Waals surface area contributed by atoms with Crippen LogP contribution in [0.2, 0.25) is 0 Å². The molecule has 0 bridgehead atoms. The van der Waals surface area contributed by atoms with E-state index in [0.29, 0.717) is 5.76 Å². The summed E-state index contributed by atoms with van der Waals surface area (Å²) in [6.45, 7) is 1.83. The molecule has 2 aromatic rings. The minimum atomic E-state index is -0.306. The average Bonchev–Trinajstić information content (AvgIpc) is 2.69. The molecular formula is C12H12BrFN2O. The van der Waals surface area contributed by atoms with Gasteiger partial charge in [-0.3, -0.25) is 5.84 Å². The van der Waals surface area contributed by atoms with Crippen LogP contribution in [0.4, 0.5) is 4.39 Å². The Kier molecular flexibility index (Phi) is 3.61. The third kappa shape index (κ3) is 2.41. The van der Waals surface area contributed by atoms with Crippen molar-refractivity contribution >= 4 is 15.9 Å². The number of furan rings is 1. The molecule has 0 aliphatic carbocycles. The molecule has 2 rings (SSSR count). The van der Waals surface area contributed by atoms with Crippen molar-refractivity contribution in [3.63, 3.8) is 0 Å². The molecule has 0 saturated carbocycles. The van der Waals surface area contributed by atoms with Crippen molar-refractivity contribution in [3.8, 4) is 0 Å². The largest absolute Gasteiger partial charge is 0.466 e. The molecule has 1 aromatic heterocycles. The molecular weight excluding hydrogens is 287 g/mol. The number of nitrogens with one attached hydrogen (secondary N) is 1. The number of hydrazine groups is 1. The zero-order valence-corrected chi connectivity index (χ0v) is 10.8. The number of nitrogens with two attached hydrogens (primary N) is 1. The topological polar surface area (TPSA) is 51.2 Å². The lowest BCUT2D eigenvalue weighted by Crippen LogP contribution is -2.29. The Bertz CT molecular complexity index is 527. The second-order valence-corrected chi connectivity index (χ2v) is 4.59. The summed E-state index contributed by atoms with van der Waals surface area (Å²) in [5, 5.41) is 0. The summed E-state index contributed by atoms with van der Waals surface area (Å²) >= 11 is 3.38. The van der Waals surface area contributed by atoms with Crippen molar-refractivity contribution in [2.45, 2.75) is 13.0 Å². The SMILES string of the molecule is Cc1cc(F)ccc1C(NN)c1occc1Br. The molecule has 0 radical (unpaired) electrons. The summed E-state index contributed by atoms with van der Waals surface area (Å²) in [4.78, 5) is 0. The van der Waals surface area contributed by atoms with Crippen LogP contribution in [0.25, 0.3) is 0 Å². The molecule has 90 valence electrons. The molecule has 3 nitrogen and oxygen atoms in total. The van der Waals surface area contributed by atoms with Gasteiger partial charge in [-0.25, -0.2) is 9.82 Å². The maximum absolute atomic E-state index is 13.1. The van der Waals surface area contributed by atoms with Gasteiger partial charge >= 0.3 is 0 Å². The molecule has 1 unspecified atom stereocenters. The lowest BCUT2D eigenvalue weighted by atomic mass is 10.00.